The monoisotopic (exact) mass is 521 g/mol. The van der Waals surface area contributed by atoms with Crippen molar-refractivity contribution >= 4 is 27.5 Å². The molecule has 1 atom stereocenters. The number of benzene rings is 3. The lowest BCUT2D eigenvalue weighted by atomic mass is 10.0. The van der Waals surface area contributed by atoms with Crippen molar-refractivity contribution in [2.24, 2.45) is 0 Å². The van der Waals surface area contributed by atoms with Gasteiger partial charge in [0, 0.05) is 20.0 Å². The highest BCUT2D eigenvalue weighted by molar-refractivity contribution is 7.92. The van der Waals surface area contributed by atoms with Crippen LogP contribution in [0.3, 0.4) is 0 Å². The van der Waals surface area contributed by atoms with E-state index in [1.165, 1.54) is 11.9 Å². The molecular formula is C29H35N3O4S. The molecular weight excluding hydrogens is 486 g/mol. The molecule has 0 bridgehead atoms. The number of rotatable bonds is 11. The average Bonchev–Trinajstić information content (AvgIpc) is 2.88. The second-order valence-corrected chi connectivity index (χ2v) is 11.0. The summed E-state index contributed by atoms with van der Waals surface area (Å²) < 4.78 is 26.6. The molecule has 37 heavy (non-hydrogen) atoms. The Kier molecular flexibility index (Phi) is 9.47. The molecule has 3 aromatic rings. The molecule has 0 aliphatic rings. The molecule has 0 aliphatic heterocycles. The van der Waals surface area contributed by atoms with Gasteiger partial charge in [-0.3, -0.25) is 13.9 Å². The highest BCUT2D eigenvalue weighted by Crippen LogP contribution is 2.21. The Morgan fingerprint density at radius 3 is 2.11 bits per heavy atom. The van der Waals surface area contributed by atoms with Gasteiger partial charge in [0.05, 0.1) is 11.9 Å². The maximum absolute atomic E-state index is 13.9. The molecule has 0 aliphatic carbocycles. The molecule has 3 aromatic carbocycles. The van der Waals surface area contributed by atoms with Crippen LogP contribution in [-0.2, 0) is 39.0 Å². The van der Waals surface area contributed by atoms with Crippen molar-refractivity contribution < 1.29 is 18.0 Å². The van der Waals surface area contributed by atoms with Gasteiger partial charge in [0.25, 0.3) is 0 Å². The summed E-state index contributed by atoms with van der Waals surface area (Å²) in [5.41, 5.74) is 4.25. The Hall–Kier alpha value is -3.65. The highest BCUT2D eigenvalue weighted by atomic mass is 32.2. The van der Waals surface area contributed by atoms with Crippen molar-refractivity contribution in [2.75, 3.05) is 24.2 Å². The standard InChI is InChI=1S/C29H35N3O4S/c1-5-23-14-16-26(17-15-23)32(37(4,35)36)21-28(33)31(20-25-13-9-10-22(2)18-25)27(29(34)30-3)19-24-11-7-6-8-12-24/h6-18,27H,5,19-21H2,1-4H3,(H,30,34)/t27-/m1/s1. The molecule has 196 valence electrons. The lowest BCUT2D eigenvalue weighted by Gasteiger charge is -2.33. The first-order chi connectivity index (χ1) is 17.6. The summed E-state index contributed by atoms with van der Waals surface area (Å²) in [5.74, 6) is -0.779. The molecule has 0 aromatic heterocycles. The average molecular weight is 522 g/mol. The zero-order valence-electron chi connectivity index (χ0n) is 21.8. The number of likely N-dealkylation sites (N-methyl/N-ethyl adjacent to an activating group) is 1. The van der Waals surface area contributed by atoms with Gasteiger partial charge in [0.1, 0.15) is 12.6 Å². The van der Waals surface area contributed by atoms with Gasteiger partial charge in [-0.15, -0.1) is 0 Å². The van der Waals surface area contributed by atoms with Crippen molar-refractivity contribution in [3.8, 4) is 0 Å². The minimum Gasteiger partial charge on any atom is -0.357 e. The van der Waals surface area contributed by atoms with E-state index in [-0.39, 0.29) is 12.5 Å². The summed E-state index contributed by atoms with van der Waals surface area (Å²) >= 11 is 0. The molecule has 7 nitrogen and oxygen atoms in total. The van der Waals surface area contributed by atoms with Crippen molar-refractivity contribution in [3.63, 3.8) is 0 Å². The predicted octanol–water partition coefficient (Wildman–Crippen LogP) is 3.71. The van der Waals surface area contributed by atoms with Crippen LogP contribution >= 0.6 is 0 Å². The van der Waals surface area contributed by atoms with Gasteiger partial charge in [0.15, 0.2) is 0 Å². The number of aryl methyl sites for hydroxylation is 2. The van der Waals surface area contributed by atoms with Crippen molar-refractivity contribution in [1.82, 2.24) is 10.2 Å². The number of amides is 2. The first kappa shape index (κ1) is 27.9. The fourth-order valence-electron chi connectivity index (χ4n) is 4.24. The third-order valence-electron chi connectivity index (χ3n) is 6.26. The Balaban J connectivity index is 2.01. The van der Waals surface area contributed by atoms with E-state index in [9.17, 15) is 18.0 Å². The fourth-order valence-corrected chi connectivity index (χ4v) is 5.09. The van der Waals surface area contributed by atoms with Crippen LogP contribution in [0.15, 0.2) is 78.9 Å². The largest absolute Gasteiger partial charge is 0.357 e. The smallest absolute Gasteiger partial charge is 0.244 e. The van der Waals surface area contributed by atoms with E-state index in [0.717, 1.165) is 39.2 Å². The van der Waals surface area contributed by atoms with E-state index in [1.807, 2.05) is 80.6 Å². The van der Waals surface area contributed by atoms with Crippen LogP contribution in [0.2, 0.25) is 0 Å². The normalized spacial score (nSPS) is 12.0. The van der Waals surface area contributed by atoms with Crippen LogP contribution in [0, 0.1) is 6.92 Å². The second-order valence-electron chi connectivity index (χ2n) is 9.12. The molecule has 0 radical (unpaired) electrons. The zero-order valence-corrected chi connectivity index (χ0v) is 22.7. The van der Waals surface area contributed by atoms with E-state index >= 15 is 0 Å². The minimum absolute atomic E-state index is 0.164. The van der Waals surface area contributed by atoms with Gasteiger partial charge < -0.3 is 10.2 Å². The number of hydrogen-bond acceptors (Lipinski definition) is 4. The second kappa shape index (κ2) is 12.5. The quantitative estimate of drug-likeness (QED) is 0.417. The molecule has 8 heteroatoms. The van der Waals surface area contributed by atoms with E-state index in [2.05, 4.69) is 5.32 Å². The van der Waals surface area contributed by atoms with Crippen LogP contribution in [0.5, 0.6) is 0 Å². The third-order valence-corrected chi connectivity index (χ3v) is 7.41. The molecule has 0 heterocycles. The lowest BCUT2D eigenvalue weighted by molar-refractivity contribution is -0.139. The molecule has 3 rings (SSSR count). The topological polar surface area (TPSA) is 86.8 Å². The number of sulfonamides is 1. The van der Waals surface area contributed by atoms with E-state index in [1.54, 1.807) is 12.1 Å². The number of carbonyl (C=O) groups excluding carboxylic acids is 2. The first-order valence-electron chi connectivity index (χ1n) is 12.3. The van der Waals surface area contributed by atoms with Crippen LogP contribution in [0.4, 0.5) is 5.69 Å². The fraction of sp³-hybridized carbons (Fsp3) is 0.310. The third kappa shape index (κ3) is 7.67. The number of carbonyl (C=O) groups is 2. The van der Waals surface area contributed by atoms with Gasteiger partial charge >= 0.3 is 0 Å². The molecule has 0 fully saturated rings. The van der Waals surface area contributed by atoms with Gasteiger partial charge in [-0.25, -0.2) is 8.42 Å². The van der Waals surface area contributed by atoms with Crippen molar-refractivity contribution in [3.05, 3.63) is 101 Å². The van der Waals surface area contributed by atoms with E-state index in [0.29, 0.717) is 12.1 Å². The Labute approximate surface area is 220 Å². The molecule has 0 unspecified atom stereocenters. The number of anilines is 1. The summed E-state index contributed by atoms with van der Waals surface area (Å²) in [6, 6.07) is 23.5. The van der Waals surface area contributed by atoms with E-state index in [4.69, 9.17) is 0 Å². The maximum Gasteiger partial charge on any atom is 0.244 e. The maximum atomic E-state index is 13.9. The van der Waals surface area contributed by atoms with Crippen molar-refractivity contribution in [1.29, 1.82) is 0 Å². The van der Waals surface area contributed by atoms with Crippen LogP contribution < -0.4 is 9.62 Å². The summed E-state index contributed by atoms with van der Waals surface area (Å²) in [4.78, 5) is 28.5. The number of hydrogen-bond donors (Lipinski definition) is 1. The van der Waals surface area contributed by atoms with Crippen LogP contribution in [0.25, 0.3) is 0 Å². The van der Waals surface area contributed by atoms with Gasteiger partial charge in [-0.05, 0) is 42.2 Å². The summed E-state index contributed by atoms with van der Waals surface area (Å²) in [6.07, 6.45) is 2.19. The van der Waals surface area contributed by atoms with E-state index < -0.39 is 28.5 Å². The van der Waals surface area contributed by atoms with Gasteiger partial charge in [0.2, 0.25) is 21.8 Å². The molecule has 0 saturated carbocycles. The highest BCUT2D eigenvalue weighted by Gasteiger charge is 2.32. The minimum atomic E-state index is -3.77. The van der Waals surface area contributed by atoms with Gasteiger partial charge in [-0.1, -0.05) is 79.2 Å². The summed E-state index contributed by atoms with van der Waals surface area (Å²) in [7, 11) is -2.24. The number of nitrogens with zero attached hydrogens (tertiary/aromatic N) is 2. The molecule has 0 saturated heterocycles. The number of nitrogens with one attached hydrogen (secondary N) is 1. The summed E-state index contributed by atoms with van der Waals surface area (Å²) in [6.45, 7) is 3.72. The lowest BCUT2D eigenvalue weighted by Crippen LogP contribution is -2.52. The van der Waals surface area contributed by atoms with Gasteiger partial charge in [-0.2, -0.15) is 0 Å². The Morgan fingerprint density at radius 1 is 0.892 bits per heavy atom. The Bertz CT molecular complexity index is 1310. The van der Waals surface area contributed by atoms with Crippen LogP contribution in [-0.4, -0.2) is 51.0 Å². The zero-order chi connectivity index (χ0) is 27.0. The predicted molar refractivity (Wildman–Crippen MR) is 148 cm³/mol. The molecule has 2 amide bonds. The van der Waals surface area contributed by atoms with Crippen LogP contribution in [0.1, 0.15) is 29.2 Å². The SMILES string of the molecule is CCc1ccc(N(CC(=O)N(Cc2cccc(C)c2)[C@H](Cc2ccccc2)C(=O)NC)S(C)(=O)=O)cc1. The molecule has 0 spiro atoms. The Morgan fingerprint density at radius 2 is 1.54 bits per heavy atom. The first-order valence-corrected chi connectivity index (χ1v) is 14.1. The summed E-state index contributed by atoms with van der Waals surface area (Å²) in [5, 5.41) is 2.68. The van der Waals surface area contributed by atoms with Crippen molar-refractivity contribution in [2.45, 2.75) is 39.3 Å². The molecule has 1 N–H and O–H groups in total.